The first kappa shape index (κ1) is 17.1. The highest BCUT2D eigenvalue weighted by Crippen LogP contribution is 2.33. The zero-order valence-corrected chi connectivity index (χ0v) is 15.3. The third-order valence-corrected chi connectivity index (χ3v) is 4.88. The van der Waals surface area contributed by atoms with Gasteiger partial charge in [0.15, 0.2) is 5.82 Å². The molecule has 138 valence electrons. The van der Waals surface area contributed by atoms with Crippen LogP contribution in [0.1, 0.15) is 30.1 Å². The number of carbonyl (C=O) groups is 1. The molecule has 2 N–H and O–H groups in total. The van der Waals surface area contributed by atoms with Crippen molar-refractivity contribution in [2.75, 3.05) is 17.2 Å². The number of anilines is 2. The Morgan fingerprint density at radius 1 is 1.30 bits per heavy atom. The molecule has 1 amide bonds. The van der Waals surface area contributed by atoms with Crippen molar-refractivity contribution in [3.05, 3.63) is 48.3 Å². The summed E-state index contributed by atoms with van der Waals surface area (Å²) in [4.78, 5) is 25.9. The van der Waals surface area contributed by atoms with Crippen molar-refractivity contribution in [3.8, 4) is 11.3 Å². The van der Waals surface area contributed by atoms with Crippen molar-refractivity contribution in [2.24, 2.45) is 7.05 Å². The molecule has 4 rings (SSSR count). The van der Waals surface area contributed by atoms with Gasteiger partial charge in [-0.25, -0.2) is 9.97 Å². The smallest absolute Gasteiger partial charge is 0.234 e. The van der Waals surface area contributed by atoms with Crippen LogP contribution >= 0.6 is 0 Å². The summed E-state index contributed by atoms with van der Waals surface area (Å²) < 4.78 is 1.82. The van der Waals surface area contributed by atoms with Gasteiger partial charge in [-0.15, -0.1) is 0 Å². The van der Waals surface area contributed by atoms with E-state index in [1.807, 2.05) is 37.0 Å². The second-order valence-electron chi connectivity index (χ2n) is 6.60. The second-order valence-corrected chi connectivity index (χ2v) is 6.60. The molecular weight excluding hydrogens is 342 g/mol. The number of aromatic nitrogens is 5. The first-order valence-electron chi connectivity index (χ1n) is 8.94. The molecule has 1 aliphatic rings. The van der Waals surface area contributed by atoms with Crippen LogP contribution < -0.4 is 10.6 Å². The van der Waals surface area contributed by atoms with Gasteiger partial charge in [0.1, 0.15) is 0 Å². The van der Waals surface area contributed by atoms with Crippen molar-refractivity contribution >= 4 is 17.4 Å². The third kappa shape index (κ3) is 3.38. The lowest BCUT2D eigenvalue weighted by Gasteiger charge is -2.17. The third-order valence-electron chi connectivity index (χ3n) is 4.88. The van der Waals surface area contributed by atoms with Gasteiger partial charge < -0.3 is 10.6 Å². The lowest BCUT2D eigenvalue weighted by Crippen LogP contribution is -2.22. The molecule has 0 fully saturated rings. The summed E-state index contributed by atoms with van der Waals surface area (Å²) in [5, 5.41) is 10.5. The number of carbonyl (C=O) groups excluding carboxylic acids is 1. The molecular formula is C19H21N7O. The lowest BCUT2D eigenvalue weighted by molar-refractivity contribution is -0.117. The predicted molar refractivity (Wildman–Crippen MR) is 102 cm³/mol. The number of hydrogen-bond donors (Lipinski definition) is 2. The highest BCUT2D eigenvalue weighted by Gasteiger charge is 2.28. The number of hydrogen-bond acceptors (Lipinski definition) is 6. The van der Waals surface area contributed by atoms with Gasteiger partial charge in [0, 0.05) is 37.2 Å². The van der Waals surface area contributed by atoms with Crippen molar-refractivity contribution < 1.29 is 4.79 Å². The average Bonchev–Trinajstić information content (AvgIpc) is 2.90. The van der Waals surface area contributed by atoms with Gasteiger partial charge in [-0.1, -0.05) is 0 Å². The topological polar surface area (TPSA) is 97.6 Å². The lowest BCUT2D eigenvalue weighted by atomic mass is 9.97. The molecule has 0 aromatic carbocycles. The molecule has 0 aliphatic carbocycles. The molecule has 1 aliphatic heterocycles. The van der Waals surface area contributed by atoms with Crippen molar-refractivity contribution in [1.82, 2.24) is 24.7 Å². The standard InChI is InChI=1S/C19H21N7O/c1-12-14(10-23-26(12)2)15-5-6-16-18(24-15)13(4-3-7-21-16)19(27)25-17-11-20-8-9-22-17/h5-6,8-11,13,21H,3-4,7H2,1-2H3,(H,22,25,27). The van der Waals surface area contributed by atoms with Crippen LogP contribution in [0.4, 0.5) is 11.5 Å². The average molecular weight is 363 g/mol. The molecule has 0 saturated heterocycles. The van der Waals surface area contributed by atoms with Crippen LogP contribution in [0.2, 0.25) is 0 Å². The van der Waals surface area contributed by atoms with Crippen LogP contribution in [0.3, 0.4) is 0 Å². The zero-order valence-electron chi connectivity index (χ0n) is 15.3. The molecule has 0 saturated carbocycles. The van der Waals surface area contributed by atoms with Crippen LogP contribution in [0.15, 0.2) is 36.9 Å². The zero-order chi connectivity index (χ0) is 18.8. The molecule has 8 nitrogen and oxygen atoms in total. The minimum Gasteiger partial charge on any atom is -0.384 e. The fraction of sp³-hybridized carbons (Fsp3) is 0.316. The van der Waals surface area contributed by atoms with E-state index in [-0.39, 0.29) is 11.8 Å². The Kier molecular flexibility index (Phi) is 4.53. The van der Waals surface area contributed by atoms with E-state index in [2.05, 4.69) is 25.7 Å². The van der Waals surface area contributed by atoms with Gasteiger partial charge in [0.2, 0.25) is 5.91 Å². The predicted octanol–water partition coefficient (Wildman–Crippen LogP) is 2.51. The Morgan fingerprint density at radius 3 is 2.93 bits per heavy atom. The van der Waals surface area contributed by atoms with E-state index in [1.54, 1.807) is 12.4 Å². The minimum absolute atomic E-state index is 0.118. The van der Waals surface area contributed by atoms with Crippen LogP contribution in [0.25, 0.3) is 11.3 Å². The summed E-state index contributed by atoms with van der Waals surface area (Å²) in [6.45, 7) is 2.82. The number of nitrogens with zero attached hydrogens (tertiary/aromatic N) is 5. The quantitative estimate of drug-likeness (QED) is 0.742. The molecule has 4 heterocycles. The van der Waals surface area contributed by atoms with E-state index < -0.39 is 0 Å². The number of pyridine rings is 1. The number of nitrogens with one attached hydrogen (secondary N) is 2. The van der Waals surface area contributed by atoms with Gasteiger partial charge in [0.05, 0.1) is 35.4 Å². The summed E-state index contributed by atoms with van der Waals surface area (Å²) >= 11 is 0. The SMILES string of the molecule is Cc1c(-c2ccc3c(n2)C(C(=O)Nc2cnccn2)CCCN3)cnn1C. The summed E-state index contributed by atoms with van der Waals surface area (Å²) in [6, 6.07) is 3.97. The normalized spacial score (nSPS) is 16.1. The van der Waals surface area contributed by atoms with Crippen LogP contribution in [-0.4, -0.2) is 37.2 Å². The molecule has 0 bridgehead atoms. The second kappa shape index (κ2) is 7.14. The van der Waals surface area contributed by atoms with E-state index in [0.717, 1.165) is 41.3 Å². The number of rotatable bonds is 3. The molecule has 1 unspecified atom stereocenters. The number of fused-ring (bicyclic) bond motifs is 1. The highest BCUT2D eigenvalue weighted by molar-refractivity contribution is 5.95. The Hall–Kier alpha value is -3.29. The maximum absolute atomic E-state index is 12.9. The maximum Gasteiger partial charge on any atom is 0.234 e. The molecule has 0 radical (unpaired) electrons. The minimum atomic E-state index is -0.353. The largest absolute Gasteiger partial charge is 0.384 e. The Bertz CT molecular complexity index is 967. The van der Waals surface area contributed by atoms with Gasteiger partial charge in [-0.3, -0.25) is 14.5 Å². The Labute approximate surface area is 157 Å². The van der Waals surface area contributed by atoms with E-state index in [1.165, 1.54) is 6.20 Å². The van der Waals surface area contributed by atoms with Crippen LogP contribution in [0, 0.1) is 6.92 Å². The van der Waals surface area contributed by atoms with E-state index in [4.69, 9.17) is 4.98 Å². The summed E-state index contributed by atoms with van der Waals surface area (Å²) in [5.41, 5.74) is 4.48. The highest BCUT2D eigenvalue weighted by atomic mass is 16.2. The molecule has 3 aromatic rings. The number of aryl methyl sites for hydroxylation is 1. The van der Waals surface area contributed by atoms with Crippen molar-refractivity contribution in [2.45, 2.75) is 25.7 Å². The first-order chi connectivity index (χ1) is 13.1. The molecule has 3 aromatic heterocycles. The molecule has 27 heavy (non-hydrogen) atoms. The molecule has 1 atom stereocenters. The van der Waals surface area contributed by atoms with Gasteiger partial charge >= 0.3 is 0 Å². The summed E-state index contributed by atoms with van der Waals surface area (Å²) in [7, 11) is 1.90. The number of amides is 1. The summed E-state index contributed by atoms with van der Waals surface area (Å²) in [6.07, 6.45) is 8.08. The fourth-order valence-corrected chi connectivity index (χ4v) is 3.29. The summed E-state index contributed by atoms with van der Waals surface area (Å²) in [5.74, 6) is -0.0255. The first-order valence-corrected chi connectivity index (χ1v) is 8.94. The van der Waals surface area contributed by atoms with Gasteiger partial charge in [-0.05, 0) is 31.9 Å². The monoisotopic (exact) mass is 363 g/mol. The van der Waals surface area contributed by atoms with Crippen molar-refractivity contribution in [3.63, 3.8) is 0 Å². The Morgan fingerprint density at radius 2 is 2.19 bits per heavy atom. The van der Waals surface area contributed by atoms with Gasteiger partial charge in [0.25, 0.3) is 0 Å². The van der Waals surface area contributed by atoms with E-state index in [0.29, 0.717) is 12.2 Å². The van der Waals surface area contributed by atoms with Crippen LogP contribution in [0.5, 0.6) is 0 Å². The van der Waals surface area contributed by atoms with Crippen LogP contribution in [-0.2, 0) is 11.8 Å². The van der Waals surface area contributed by atoms with E-state index >= 15 is 0 Å². The van der Waals surface area contributed by atoms with E-state index in [9.17, 15) is 4.79 Å². The van der Waals surface area contributed by atoms with Gasteiger partial charge in [-0.2, -0.15) is 5.10 Å². The maximum atomic E-state index is 12.9. The fourth-order valence-electron chi connectivity index (χ4n) is 3.29. The molecule has 8 heteroatoms. The van der Waals surface area contributed by atoms with Crippen molar-refractivity contribution in [1.29, 1.82) is 0 Å². The molecule has 0 spiro atoms. The Balaban J connectivity index is 1.70.